The second-order valence-corrected chi connectivity index (χ2v) is 7.72. The van der Waals surface area contributed by atoms with Gasteiger partial charge in [0.1, 0.15) is 11.6 Å². The number of likely N-dealkylation sites (tertiary alicyclic amines) is 1. The first-order valence-corrected chi connectivity index (χ1v) is 9.77. The van der Waals surface area contributed by atoms with Gasteiger partial charge in [-0.25, -0.2) is 4.98 Å². The molecule has 1 saturated heterocycles. The fraction of sp³-hybridized carbons (Fsp3) is 0.300. The van der Waals surface area contributed by atoms with Crippen molar-refractivity contribution in [3.8, 4) is 11.4 Å². The largest absolute Gasteiger partial charge is 0.497 e. The molecule has 3 heterocycles. The molecule has 1 atom stereocenters. The highest BCUT2D eigenvalue weighted by Gasteiger charge is 2.28. The van der Waals surface area contributed by atoms with Crippen LogP contribution < -0.4 is 10.5 Å². The smallest absolute Gasteiger partial charge is 0.258 e. The van der Waals surface area contributed by atoms with Crippen LogP contribution in [0.1, 0.15) is 39.3 Å². The first-order chi connectivity index (χ1) is 13.2. The molecule has 1 amide bonds. The number of primary amides is 1. The van der Waals surface area contributed by atoms with E-state index in [-0.39, 0.29) is 5.91 Å². The van der Waals surface area contributed by atoms with Crippen molar-refractivity contribution in [2.75, 3.05) is 13.7 Å². The van der Waals surface area contributed by atoms with E-state index in [0.717, 1.165) is 43.2 Å². The van der Waals surface area contributed by atoms with Crippen LogP contribution in [0.3, 0.4) is 0 Å². The zero-order valence-electron chi connectivity index (χ0n) is 15.2. The highest BCUT2D eigenvalue weighted by atomic mass is 32.1. The number of ether oxygens (including phenoxy) is 1. The predicted molar refractivity (Wildman–Crippen MR) is 105 cm³/mol. The fourth-order valence-corrected chi connectivity index (χ4v) is 4.64. The van der Waals surface area contributed by atoms with Crippen molar-refractivity contribution in [3.05, 3.63) is 64.4 Å². The number of nitrogens with two attached hydrogens (primary N) is 1. The van der Waals surface area contributed by atoms with Crippen LogP contribution in [0.4, 0.5) is 0 Å². The van der Waals surface area contributed by atoms with Crippen LogP contribution in [-0.4, -0.2) is 34.0 Å². The van der Waals surface area contributed by atoms with Crippen molar-refractivity contribution in [2.24, 2.45) is 5.73 Å². The Morgan fingerprint density at radius 3 is 2.81 bits per heavy atom. The molecule has 0 saturated carbocycles. The Labute approximate surface area is 162 Å². The number of carbonyl (C=O) groups is 1. The van der Waals surface area contributed by atoms with Crippen LogP contribution in [0, 0.1) is 0 Å². The Hall–Kier alpha value is -2.64. The highest BCUT2D eigenvalue weighted by molar-refractivity contribution is 7.14. The monoisotopic (exact) mass is 382 g/mol. The van der Waals surface area contributed by atoms with Crippen molar-refractivity contribution in [1.29, 1.82) is 0 Å². The predicted octanol–water partition coefficient (Wildman–Crippen LogP) is 3.38. The lowest BCUT2D eigenvalue weighted by Crippen LogP contribution is -2.24. The van der Waals surface area contributed by atoms with Crippen LogP contribution in [-0.2, 0) is 6.54 Å². The summed E-state index contributed by atoms with van der Waals surface area (Å²) in [4.78, 5) is 20.2. The maximum Gasteiger partial charge on any atom is 0.258 e. The fourth-order valence-electron chi connectivity index (χ4n) is 3.61. The van der Waals surface area contributed by atoms with Gasteiger partial charge in [0, 0.05) is 29.0 Å². The highest BCUT2D eigenvalue weighted by Crippen LogP contribution is 2.36. The lowest BCUT2D eigenvalue weighted by Gasteiger charge is -2.23. The SMILES string of the molecule is COc1ccc(-n2ccnc2CN2CCCC2c2ccc(C(N)=O)s2)cc1. The third kappa shape index (κ3) is 3.61. The van der Waals surface area contributed by atoms with E-state index in [9.17, 15) is 4.79 Å². The first-order valence-electron chi connectivity index (χ1n) is 8.96. The van der Waals surface area contributed by atoms with Gasteiger partial charge in [-0.3, -0.25) is 9.69 Å². The second-order valence-electron chi connectivity index (χ2n) is 6.61. The molecule has 2 aromatic heterocycles. The van der Waals surface area contributed by atoms with Crippen molar-refractivity contribution >= 4 is 17.2 Å². The summed E-state index contributed by atoms with van der Waals surface area (Å²) >= 11 is 1.50. The molecular formula is C20H22N4O2S. The van der Waals surface area contributed by atoms with Crippen LogP contribution in [0.25, 0.3) is 5.69 Å². The number of aromatic nitrogens is 2. The molecule has 3 aromatic rings. The Bertz CT molecular complexity index is 932. The third-order valence-corrected chi connectivity index (χ3v) is 6.18. The molecule has 1 unspecified atom stereocenters. The number of benzene rings is 1. The van der Waals surface area contributed by atoms with Crippen molar-refractivity contribution in [3.63, 3.8) is 0 Å². The normalized spacial score (nSPS) is 17.3. The average molecular weight is 382 g/mol. The zero-order chi connectivity index (χ0) is 18.8. The van der Waals surface area contributed by atoms with Gasteiger partial charge in [-0.15, -0.1) is 11.3 Å². The van der Waals surface area contributed by atoms with Crippen LogP contribution in [0.15, 0.2) is 48.8 Å². The molecule has 4 rings (SSSR count). The number of amides is 1. The van der Waals surface area contributed by atoms with E-state index in [4.69, 9.17) is 10.5 Å². The summed E-state index contributed by atoms with van der Waals surface area (Å²) in [7, 11) is 1.67. The van der Waals surface area contributed by atoms with Gasteiger partial charge >= 0.3 is 0 Å². The standard InChI is InChI=1S/C20H22N4O2S/c1-26-15-6-4-14(5-7-15)24-12-10-22-19(24)13-23-11-2-3-16(23)17-8-9-18(27-17)20(21)25/h4-10,12,16H,2-3,11,13H2,1H3,(H2,21,25). The van der Waals surface area contributed by atoms with E-state index in [1.165, 1.54) is 16.2 Å². The Morgan fingerprint density at radius 1 is 1.30 bits per heavy atom. The number of hydrogen-bond donors (Lipinski definition) is 1. The molecule has 1 aliphatic heterocycles. The first kappa shape index (κ1) is 17.8. The molecule has 2 N–H and O–H groups in total. The molecular weight excluding hydrogens is 360 g/mol. The number of nitrogens with zero attached hydrogens (tertiary/aromatic N) is 3. The minimum Gasteiger partial charge on any atom is -0.497 e. The average Bonchev–Trinajstić information content (AvgIpc) is 3.42. The van der Waals surface area contributed by atoms with Gasteiger partial charge in [0.05, 0.1) is 18.5 Å². The minimum absolute atomic E-state index is 0.309. The summed E-state index contributed by atoms with van der Waals surface area (Å²) in [6.45, 7) is 1.78. The molecule has 1 fully saturated rings. The van der Waals surface area contributed by atoms with E-state index >= 15 is 0 Å². The Kier molecular flexibility index (Phi) is 4.96. The van der Waals surface area contributed by atoms with Gasteiger partial charge < -0.3 is 15.0 Å². The molecule has 0 spiro atoms. The molecule has 0 aliphatic carbocycles. The van der Waals surface area contributed by atoms with Crippen LogP contribution in [0.2, 0.25) is 0 Å². The number of imidazole rings is 1. The summed E-state index contributed by atoms with van der Waals surface area (Å²) in [6.07, 6.45) is 6.04. The molecule has 1 aliphatic rings. The summed E-state index contributed by atoms with van der Waals surface area (Å²) in [5, 5.41) is 0. The minimum atomic E-state index is -0.356. The number of carbonyl (C=O) groups excluding carboxylic acids is 1. The Morgan fingerprint density at radius 2 is 2.11 bits per heavy atom. The molecule has 27 heavy (non-hydrogen) atoms. The molecule has 1 aromatic carbocycles. The van der Waals surface area contributed by atoms with E-state index in [1.807, 2.05) is 48.8 Å². The topological polar surface area (TPSA) is 73.4 Å². The van der Waals surface area contributed by atoms with Crippen LogP contribution >= 0.6 is 11.3 Å². The van der Waals surface area contributed by atoms with Gasteiger partial charge in [0.25, 0.3) is 5.91 Å². The van der Waals surface area contributed by atoms with Gasteiger partial charge in [0.2, 0.25) is 0 Å². The van der Waals surface area contributed by atoms with E-state index in [2.05, 4.69) is 14.5 Å². The number of methoxy groups -OCH3 is 1. The zero-order valence-corrected chi connectivity index (χ0v) is 16.0. The van der Waals surface area contributed by atoms with Gasteiger partial charge in [-0.1, -0.05) is 0 Å². The lowest BCUT2D eigenvalue weighted by atomic mass is 10.2. The van der Waals surface area contributed by atoms with E-state index in [1.54, 1.807) is 7.11 Å². The second kappa shape index (κ2) is 7.54. The maximum atomic E-state index is 11.4. The summed E-state index contributed by atoms with van der Waals surface area (Å²) < 4.78 is 7.35. The van der Waals surface area contributed by atoms with Crippen molar-refractivity contribution in [2.45, 2.75) is 25.4 Å². The van der Waals surface area contributed by atoms with Gasteiger partial charge in [-0.2, -0.15) is 0 Å². The maximum absolute atomic E-state index is 11.4. The van der Waals surface area contributed by atoms with E-state index in [0.29, 0.717) is 10.9 Å². The van der Waals surface area contributed by atoms with Crippen molar-refractivity contribution < 1.29 is 9.53 Å². The van der Waals surface area contributed by atoms with Gasteiger partial charge in [-0.05, 0) is 55.8 Å². The molecule has 140 valence electrons. The Balaban J connectivity index is 1.54. The molecule has 7 heteroatoms. The summed E-state index contributed by atoms with van der Waals surface area (Å²) in [5.74, 6) is 1.48. The molecule has 6 nitrogen and oxygen atoms in total. The van der Waals surface area contributed by atoms with Crippen molar-refractivity contribution in [1.82, 2.24) is 14.5 Å². The molecule has 0 radical (unpaired) electrons. The van der Waals surface area contributed by atoms with Gasteiger partial charge in [0.15, 0.2) is 0 Å². The molecule has 0 bridgehead atoms. The van der Waals surface area contributed by atoms with E-state index < -0.39 is 0 Å². The van der Waals surface area contributed by atoms with Crippen LogP contribution in [0.5, 0.6) is 5.75 Å². The summed E-state index contributed by atoms with van der Waals surface area (Å²) in [5.41, 5.74) is 6.47. The quantitative estimate of drug-likeness (QED) is 0.709. The number of rotatable bonds is 6. The lowest BCUT2D eigenvalue weighted by molar-refractivity contribution is 0.100. The number of thiophene rings is 1. The number of hydrogen-bond acceptors (Lipinski definition) is 5. The third-order valence-electron chi connectivity index (χ3n) is 4.97. The summed E-state index contributed by atoms with van der Waals surface area (Å²) in [6, 6.07) is 12.1.